The molecule has 0 radical (unpaired) electrons. The summed E-state index contributed by atoms with van der Waals surface area (Å²) in [5.41, 5.74) is 8.49. The van der Waals surface area contributed by atoms with Gasteiger partial charge < -0.3 is 25.5 Å². The molecule has 5 N–H and O–H groups in total. The van der Waals surface area contributed by atoms with Crippen LogP contribution in [0, 0.1) is 13.8 Å². The maximum Gasteiger partial charge on any atom is 0.208 e. The topological polar surface area (TPSA) is 101 Å². The summed E-state index contributed by atoms with van der Waals surface area (Å²) in [6, 6.07) is 29.5. The van der Waals surface area contributed by atoms with Gasteiger partial charge in [-0.1, -0.05) is 103 Å². The van der Waals surface area contributed by atoms with E-state index >= 15 is 0 Å². The zero-order valence-corrected chi connectivity index (χ0v) is 26.0. The number of phenols is 5. The first-order valence-corrected chi connectivity index (χ1v) is 15.7. The minimum Gasteiger partial charge on any atom is -0.504 e. The first-order chi connectivity index (χ1) is 22.8. The lowest BCUT2D eigenvalue weighted by atomic mass is 9.83. The summed E-state index contributed by atoms with van der Waals surface area (Å²) in [6.07, 6.45) is 8.92. The molecule has 47 heavy (non-hydrogen) atoms. The molecule has 0 spiro atoms. The molecule has 0 heterocycles. The van der Waals surface area contributed by atoms with E-state index in [2.05, 4.69) is 91.9 Å². The van der Waals surface area contributed by atoms with Crippen molar-refractivity contribution in [2.75, 3.05) is 0 Å². The molecule has 7 aromatic carbocycles. The van der Waals surface area contributed by atoms with Crippen molar-refractivity contribution in [1.29, 1.82) is 0 Å². The van der Waals surface area contributed by atoms with Crippen LogP contribution >= 0.6 is 0 Å². The maximum atomic E-state index is 10.8. The highest BCUT2D eigenvalue weighted by Crippen LogP contribution is 2.56. The molecule has 1 aliphatic carbocycles. The number of allylic oxidation sites excluding steroid dienone is 4. The van der Waals surface area contributed by atoms with E-state index in [1.807, 2.05) is 19.1 Å². The Labute approximate surface area is 271 Å². The number of aromatic hydroxyl groups is 5. The van der Waals surface area contributed by atoms with Gasteiger partial charge in [-0.3, -0.25) is 0 Å². The SMILES string of the molecule is Cc1cccc(-c2ccc3ccc4c(C5=CCCC=C5)ccc5ccc2c3c54)c1-c1cccc(-c2c(O)c(O)c(O)c(O)c2O)c1C. The summed E-state index contributed by atoms with van der Waals surface area (Å²) in [4.78, 5) is 0. The molecule has 0 atom stereocenters. The average molecular weight is 617 g/mol. The van der Waals surface area contributed by atoms with Crippen molar-refractivity contribution in [3.05, 3.63) is 120 Å². The summed E-state index contributed by atoms with van der Waals surface area (Å²) in [5.74, 6) is -4.21. The van der Waals surface area contributed by atoms with Crippen molar-refractivity contribution >= 4 is 37.9 Å². The quantitative estimate of drug-likeness (QED) is 0.0769. The van der Waals surface area contributed by atoms with Crippen molar-refractivity contribution in [2.45, 2.75) is 26.7 Å². The zero-order chi connectivity index (χ0) is 32.6. The second kappa shape index (κ2) is 10.6. The molecule has 0 unspecified atom stereocenters. The smallest absolute Gasteiger partial charge is 0.208 e. The van der Waals surface area contributed by atoms with E-state index in [0.717, 1.165) is 46.0 Å². The predicted molar refractivity (Wildman–Crippen MR) is 191 cm³/mol. The van der Waals surface area contributed by atoms with Gasteiger partial charge in [0.1, 0.15) is 0 Å². The Morgan fingerprint density at radius 1 is 0.468 bits per heavy atom. The maximum absolute atomic E-state index is 10.8. The van der Waals surface area contributed by atoms with Gasteiger partial charge in [-0.15, -0.1) is 0 Å². The minimum absolute atomic E-state index is 0.159. The number of phenolic OH excluding ortho intramolecular Hbond substituents is 5. The third-order valence-corrected chi connectivity index (χ3v) is 9.78. The Morgan fingerprint density at radius 3 is 1.64 bits per heavy atom. The number of hydrogen-bond donors (Lipinski definition) is 5. The summed E-state index contributed by atoms with van der Waals surface area (Å²) in [6.45, 7) is 3.94. The largest absolute Gasteiger partial charge is 0.504 e. The minimum atomic E-state index is -0.980. The molecule has 0 fully saturated rings. The van der Waals surface area contributed by atoms with E-state index in [9.17, 15) is 25.5 Å². The van der Waals surface area contributed by atoms with E-state index < -0.39 is 28.7 Å². The predicted octanol–water partition coefficient (Wildman–Crippen LogP) is 10.5. The molecule has 5 nitrogen and oxygen atoms in total. The molecule has 0 bridgehead atoms. The summed E-state index contributed by atoms with van der Waals surface area (Å²) >= 11 is 0. The van der Waals surface area contributed by atoms with E-state index in [1.54, 1.807) is 6.07 Å². The molecule has 7 aromatic rings. The lowest BCUT2D eigenvalue weighted by Crippen LogP contribution is -1.96. The van der Waals surface area contributed by atoms with Crippen LogP contribution in [-0.2, 0) is 0 Å². The van der Waals surface area contributed by atoms with E-state index in [-0.39, 0.29) is 5.56 Å². The van der Waals surface area contributed by atoms with Crippen LogP contribution < -0.4 is 0 Å². The Bertz CT molecular complexity index is 2450. The van der Waals surface area contributed by atoms with Crippen LogP contribution in [0.15, 0.2) is 103 Å². The molecular formula is C42H32O5. The molecular weight excluding hydrogens is 584 g/mol. The standard InChI is InChI=1S/C42H32O5/c1-22-8-6-13-31(34(22)27-11-7-12-28(23(27)2)37-38(43)40(45)42(47)41(46)39(37)44)30-19-15-26-16-20-32-29(24-9-4-3-5-10-24)18-14-25-17-21-33(30)36(26)35(25)32/h4,6-21,43-47H,3,5H2,1-2H3. The highest BCUT2D eigenvalue weighted by Gasteiger charge is 2.26. The molecule has 8 rings (SSSR count). The summed E-state index contributed by atoms with van der Waals surface area (Å²) < 4.78 is 0. The lowest BCUT2D eigenvalue weighted by Gasteiger charge is -2.21. The molecule has 0 aromatic heterocycles. The molecule has 1 aliphatic rings. The Kier molecular flexibility index (Phi) is 6.41. The summed E-state index contributed by atoms with van der Waals surface area (Å²) in [5, 5.41) is 59.4. The first kappa shape index (κ1) is 28.5. The fraction of sp³-hybridized carbons (Fsp3) is 0.0952. The van der Waals surface area contributed by atoms with E-state index in [0.29, 0.717) is 11.1 Å². The fourth-order valence-corrected chi connectivity index (χ4v) is 7.47. The van der Waals surface area contributed by atoms with Gasteiger partial charge in [-0.25, -0.2) is 0 Å². The number of benzene rings is 7. The normalized spacial score (nSPS) is 13.2. The summed E-state index contributed by atoms with van der Waals surface area (Å²) in [7, 11) is 0. The van der Waals surface area contributed by atoms with Crippen LogP contribution in [0.1, 0.15) is 29.5 Å². The van der Waals surface area contributed by atoms with E-state index in [4.69, 9.17) is 0 Å². The lowest BCUT2D eigenvalue weighted by molar-refractivity contribution is 0.330. The highest BCUT2D eigenvalue weighted by atomic mass is 16.4. The molecule has 0 saturated carbocycles. The van der Waals surface area contributed by atoms with Crippen molar-refractivity contribution in [3.8, 4) is 62.1 Å². The Balaban J connectivity index is 1.38. The van der Waals surface area contributed by atoms with Gasteiger partial charge >= 0.3 is 0 Å². The van der Waals surface area contributed by atoms with Crippen molar-refractivity contribution in [2.24, 2.45) is 0 Å². The molecule has 230 valence electrons. The second-order valence-electron chi connectivity index (χ2n) is 12.4. The van der Waals surface area contributed by atoms with Gasteiger partial charge in [0.2, 0.25) is 17.2 Å². The van der Waals surface area contributed by atoms with Crippen molar-refractivity contribution in [1.82, 2.24) is 0 Å². The average Bonchev–Trinajstić information content (AvgIpc) is 3.10. The van der Waals surface area contributed by atoms with Gasteiger partial charge in [0.25, 0.3) is 0 Å². The van der Waals surface area contributed by atoms with Crippen LogP contribution in [0.2, 0.25) is 0 Å². The van der Waals surface area contributed by atoms with Gasteiger partial charge in [-0.2, -0.15) is 0 Å². The number of rotatable bonds is 4. The van der Waals surface area contributed by atoms with Crippen LogP contribution in [-0.4, -0.2) is 25.5 Å². The van der Waals surface area contributed by atoms with Crippen LogP contribution in [0.4, 0.5) is 0 Å². The van der Waals surface area contributed by atoms with Gasteiger partial charge in [-0.05, 0) is 109 Å². The highest BCUT2D eigenvalue weighted by molar-refractivity contribution is 6.27. The first-order valence-electron chi connectivity index (χ1n) is 15.7. The van der Waals surface area contributed by atoms with Crippen LogP contribution in [0.3, 0.4) is 0 Å². The van der Waals surface area contributed by atoms with Gasteiger partial charge in [0.05, 0.1) is 5.56 Å². The molecule has 5 heteroatoms. The Hall–Kier alpha value is -5.94. The van der Waals surface area contributed by atoms with Crippen LogP contribution in [0.5, 0.6) is 28.7 Å². The Morgan fingerprint density at radius 2 is 1.00 bits per heavy atom. The number of hydrogen-bond acceptors (Lipinski definition) is 5. The molecule has 0 amide bonds. The zero-order valence-electron chi connectivity index (χ0n) is 26.0. The fourth-order valence-electron chi connectivity index (χ4n) is 7.47. The van der Waals surface area contributed by atoms with Crippen molar-refractivity contribution < 1.29 is 25.5 Å². The van der Waals surface area contributed by atoms with Crippen molar-refractivity contribution in [3.63, 3.8) is 0 Å². The van der Waals surface area contributed by atoms with Crippen LogP contribution in [0.25, 0.3) is 71.3 Å². The monoisotopic (exact) mass is 616 g/mol. The third kappa shape index (κ3) is 4.16. The van der Waals surface area contributed by atoms with Gasteiger partial charge in [0.15, 0.2) is 11.5 Å². The molecule has 0 saturated heterocycles. The van der Waals surface area contributed by atoms with E-state index in [1.165, 1.54) is 38.1 Å². The third-order valence-electron chi connectivity index (χ3n) is 9.78. The number of aryl methyl sites for hydroxylation is 1. The second-order valence-corrected chi connectivity index (χ2v) is 12.4. The van der Waals surface area contributed by atoms with Gasteiger partial charge in [0, 0.05) is 0 Å². The molecule has 0 aliphatic heterocycles.